The lowest BCUT2D eigenvalue weighted by molar-refractivity contribution is -0.122. The normalized spacial score (nSPS) is 20.0. The number of hydrogen-bond acceptors (Lipinski definition) is 2. The predicted molar refractivity (Wildman–Crippen MR) is 81.8 cm³/mol. The van der Waals surface area contributed by atoms with E-state index in [2.05, 4.69) is 5.32 Å². The Hall–Kier alpha value is -2.13. The monoisotopic (exact) mass is 281 g/mol. The Kier molecular flexibility index (Phi) is 4.02. The summed E-state index contributed by atoms with van der Waals surface area (Å²) in [5, 5.41) is 13.1. The van der Waals surface area contributed by atoms with E-state index in [1.807, 2.05) is 54.6 Å². The summed E-state index contributed by atoms with van der Waals surface area (Å²) in [6.07, 6.45) is 1.25. The molecule has 2 aromatic rings. The van der Waals surface area contributed by atoms with Gasteiger partial charge in [0.15, 0.2) is 0 Å². The summed E-state index contributed by atoms with van der Waals surface area (Å²) in [5.74, 6) is -0.0143. The first-order valence-corrected chi connectivity index (χ1v) is 7.33. The summed E-state index contributed by atoms with van der Waals surface area (Å²) in [7, 11) is 0. The molecule has 0 aliphatic heterocycles. The van der Waals surface area contributed by atoms with Gasteiger partial charge in [0.1, 0.15) is 0 Å². The summed E-state index contributed by atoms with van der Waals surface area (Å²) < 4.78 is 0. The Labute approximate surface area is 124 Å². The largest absolute Gasteiger partial charge is 0.390 e. The van der Waals surface area contributed by atoms with E-state index in [-0.39, 0.29) is 11.9 Å². The molecule has 0 saturated heterocycles. The topological polar surface area (TPSA) is 49.3 Å². The van der Waals surface area contributed by atoms with Gasteiger partial charge in [0.05, 0.1) is 12.1 Å². The lowest BCUT2D eigenvalue weighted by Gasteiger charge is -2.18. The van der Waals surface area contributed by atoms with Crippen LogP contribution >= 0.6 is 0 Å². The molecule has 2 N–H and O–H groups in total. The number of rotatable bonds is 4. The molecule has 0 aromatic heterocycles. The Bertz CT molecular complexity index is 624. The number of nitrogens with one attached hydrogen (secondary N) is 1. The molecule has 0 unspecified atom stereocenters. The van der Waals surface area contributed by atoms with E-state index < -0.39 is 6.10 Å². The van der Waals surface area contributed by atoms with Gasteiger partial charge in [0.25, 0.3) is 0 Å². The van der Waals surface area contributed by atoms with Crippen LogP contribution in [-0.4, -0.2) is 17.1 Å². The van der Waals surface area contributed by atoms with Crippen LogP contribution in [-0.2, 0) is 17.6 Å². The van der Waals surface area contributed by atoms with Crippen LogP contribution in [0.5, 0.6) is 0 Å². The molecule has 1 amide bonds. The van der Waals surface area contributed by atoms with Crippen molar-refractivity contribution in [1.29, 1.82) is 0 Å². The van der Waals surface area contributed by atoms with E-state index >= 15 is 0 Å². The van der Waals surface area contributed by atoms with Crippen molar-refractivity contribution >= 4 is 5.91 Å². The molecular weight excluding hydrogens is 262 g/mol. The molecule has 1 aliphatic carbocycles. The summed E-state index contributed by atoms with van der Waals surface area (Å²) in [6.45, 7) is 0. The smallest absolute Gasteiger partial charge is 0.220 e. The number of hydrogen-bond donors (Lipinski definition) is 2. The number of aliphatic hydroxyl groups excluding tert-OH is 1. The Morgan fingerprint density at radius 3 is 2.62 bits per heavy atom. The zero-order valence-electron chi connectivity index (χ0n) is 11.8. The number of aliphatic hydroxyl groups is 1. The number of amides is 1. The maximum atomic E-state index is 12.1. The summed E-state index contributed by atoms with van der Waals surface area (Å²) in [4.78, 5) is 12.1. The highest BCUT2D eigenvalue weighted by molar-refractivity contribution is 5.77. The van der Waals surface area contributed by atoms with Crippen LogP contribution in [0, 0.1) is 0 Å². The summed E-state index contributed by atoms with van der Waals surface area (Å²) in [5.41, 5.74) is 3.32. The van der Waals surface area contributed by atoms with Crippen molar-refractivity contribution in [2.24, 2.45) is 0 Å². The molecule has 3 rings (SSSR count). The molecule has 0 radical (unpaired) electrons. The maximum absolute atomic E-state index is 12.1. The second-order valence-electron chi connectivity index (χ2n) is 5.50. The first kappa shape index (κ1) is 13.8. The van der Waals surface area contributed by atoms with Gasteiger partial charge in [-0.1, -0.05) is 54.6 Å². The van der Waals surface area contributed by atoms with Crippen LogP contribution < -0.4 is 5.32 Å². The van der Waals surface area contributed by atoms with E-state index in [4.69, 9.17) is 0 Å². The van der Waals surface area contributed by atoms with Crippen molar-refractivity contribution in [3.05, 3.63) is 71.3 Å². The molecule has 0 bridgehead atoms. The molecule has 21 heavy (non-hydrogen) atoms. The van der Waals surface area contributed by atoms with Gasteiger partial charge in [-0.15, -0.1) is 0 Å². The Morgan fingerprint density at radius 1 is 1.10 bits per heavy atom. The molecule has 3 nitrogen and oxygen atoms in total. The van der Waals surface area contributed by atoms with E-state index in [0.29, 0.717) is 12.8 Å². The maximum Gasteiger partial charge on any atom is 0.220 e. The quantitative estimate of drug-likeness (QED) is 0.904. The molecule has 0 spiro atoms. The third kappa shape index (κ3) is 3.14. The van der Waals surface area contributed by atoms with Crippen molar-refractivity contribution in [1.82, 2.24) is 5.32 Å². The third-order valence-electron chi connectivity index (χ3n) is 4.00. The average Bonchev–Trinajstić information content (AvgIpc) is 2.82. The average molecular weight is 281 g/mol. The van der Waals surface area contributed by atoms with Crippen LogP contribution in [0.15, 0.2) is 54.6 Å². The minimum Gasteiger partial charge on any atom is -0.390 e. The molecule has 2 atom stereocenters. The zero-order valence-corrected chi connectivity index (χ0v) is 11.8. The highest BCUT2D eigenvalue weighted by Gasteiger charge is 2.31. The van der Waals surface area contributed by atoms with Gasteiger partial charge in [-0.05, 0) is 23.1 Å². The van der Waals surface area contributed by atoms with Crippen molar-refractivity contribution < 1.29 is 9.90 Å². The van der Waals surface area contributed by atoms with Crippen molar-refractivity contribution in [2.45, 2.75) is 31.4 Å². The third-order valence-corrected chi connectivity index (χ3v) is 4.00. The van der Waals surface area contributed by atoms with Gasteiger partial charge in [-0.2, -0.15) is 0 Å². The van der Waals surface area contributed by atoms with E-state index in [0.717, 1.165) is 23.1 Å². The number of fused-ring (bicyclic) bond motifs is 1. The van der Waals surface area contributed by atoms with Gasteiger partial charge in [-0.25, -0.2) is 0 Å². The lowest BCUT2D eigenvalue weighted by Crippen LogP contribution is -2.33. The highest BCUT2D eigenvalue weighted by atomic mass is 16.3. The van der Waals surface area contributed by atoms with Crippen LogP contribution in [0.2, 0.25) is 0 Å². The zero-order chi connectivity index (χ0) is 14.7. The Balaban J connectivity index is 1.60. The first-order chi connectivity index (χ1) is 10.2. The van der Waals surface area contributed by atoms with E-state index in [1.54, 1.807) is 0 Å². The number of carbonyl (C=O) groups excluding carboxylic acids is 1. The second-order valence-corrected chi connectivity index (χ2v) is 5.50. The second kappa shape index (κ2) is 6.10. The molecule has 0 fully saturated rings. The van der Waals surface area contributed by atoms with Crippen molar-refractivity contribution in [3.8, 4) is 0 Å². The SMILES string of the molecule is O=C(CCc1ccccc1)N[C@@H]1c2ccccc2C[C@H]1O. The van der Waals surface area contributed by atoms with Crippen molar-refractivity contribution in [3.63, 3.8) is 0 Å². The molecule has 2 aromatic carbocycles. The van der Waals surface area contributed by atoms with Gasteiger partial charge in [0.2, 0.25) is 5.91 Å². The first-order valence-electron chi connectivity index (χ1n) is 7.33. The van der Waals surface area contributed by atoms with Crippen LogP contribution in [0.25, 0.3) is 0 Å². The molecule has 0 heterocycles. The fourth-order valence-corrected chi connectivity index (χ4v) is 2.90. The van der Waals surface area contributed by atoms with Gasteiger partial charge >= 0.3 is 0 Å². The summed E-state index contributed by atoms with van der Waals surface area (Å²) >= 11 is 0. The molecular formula is C18H19NO2. The van der Waals surface area contributed by atoms with E-state index in [1.165, 1.54) is 0 Å². The molecule has 0 saturated carbocycles. The van der Waals surface area contributed by atoms with Crippen LogP contribution in [0.1, 0.15) is 29.2 Å². The van der Waals surface area contributed by atoms with Crippen LogP contribution in [0.3, 0.4) is 0 Å². The minimum absolute atomic E-state index is 0.0143. The van der Waals surface area contributed by atoms with Gasteiger partial charge in [0, 0.05) is 12.8 Å². The van der Waals surface area contributed by atoms with E-state index in [9.17, 15) is 9.90 Å². The van der Waals surface area contributed by atoms with Gasteiger partial charge in [-0.3, -0.25) is 4.79 Å². The molecule has 108 valence electrons. The fourth-order valence-electron chi connectivity index (χ4n) is 2.90. The fraction of sp³-hybridized carbons (Fsp3) is 0.278. The predicted octanol–water partition coefficient (Wildman–Crippen LogP) is 2.39. The number of aryl methyl sites for hydroxylation is 1. The minimum atomic E-state index is -0.525. The van der Waals surface area contributed by atoms with Crippen molar-refractivity contribution in [2.75, 3.05) is 0 Å². The molecule has 1 aliphatic rings. The molecule has 3 heteroatoms. The lowest BCUT2D eigenvalue weighted by atomic mass is 10.1. The van der Waals surface area contributed by atoms with Gasteiger partial charge < -0.3 is 10.4 Å². The summed E-state index contributed by atoms with van der Waals surface area (Å²) in [6, 6.07) is 17.6. The number of benzene rings is 2. The number of carbonyl (C=O) groups is 1. The van der Waals surface area contributed by atoms with Crippen LogP contribution in [0.4, 0.5) is 0 Å². The Morgan fingerprint density at radius 2 is 1.81 bits per heavy atom. The standard InChI is InChI=1S/C18H19NO2/c20-16-12-14-8-4-5-9-15(14)18(16)19-17(21)11-10-13-6-2-1-3-7-13/h1-9,16,18,20H,10-12H2,(H,19,21)/t16-,18-/m1/s1. The highest BCUT2D eigenvalue weighted by Crippen LogP contribution is 2.31.